The fraction of sp³-hybridized carbons (Fsp3) is 0.160. The normalized spacial score (nSPS) is 19.8. The van der Waals surface area contributed by atoms with Gasteiger partial charge in [0.05, 0.1) is 23.4 Å². The summed E-state index contributed by atoms with van der Waals surface area (Å²) in [5, 5.41) is 13.3. The van der Waals surface area contributed by atoms with E-state index in [1.165, 1.54) is 23.0 Å². The van der Waals surface area contributed by atoms with Crippen LogP contribution < -0.4 is 0 Å². The van der Waals surface area contributed by atoms with Crippen LogP contribution in [0.15, 0.2) is 96.2 Å². The number of halogens is 2. The summed E-state index contributed by atoms with van der Waals surface area (Å²) in [5.74, 6) is -1.73. The number of aromatic nitrogens is 2. The van der Waals surface area contributed by atoms with Crippen molar-refractivity contribution in [1.82, 2.24) is 9.78 Å². The van der Waals surface area contributed by atoms with Crippen LogP contribution in [0.4, 0.5) is 14.5 Å². The summed E-state index contributed by atoms with van der Waals surface area (Å²) in [7, 11) is 0. The SMILES string of the molecule is CC1(n2cc(N=C(c3ccccc3)c3ccccc3)c(C(F)F)n2)C=CC(C(=O)O)C=C1. The first-order chi connectivity index (χ1) is 15.4. The number of aliphatic imine (C=N–C) groups is 1. The molecule has 0 saturated heterocycles. The first kappa shape index (κ1) is 21.4. The molecule has 1 aliphatic carbocycles. The molecule has 0 amide bonds. The third kappa shape index (κ3) is 4.27. The molecule has 0 saturated carbocycles. The maximum atomic E-state index is 13.9. The molecule has 32 heavy (non-hydrogen) atoms. The molecule has 1 N–H and O–H groups in total. The molecule has 1 aliphatic rings. The van der Waals surface area contributed by atoms with E-state index in [-0.39, 0.29) is 5.69 Å². The van der Waals surface area contributed by atoms with E-state index in [0.29, 0.717) is 5.71 Å². The predicted octanol–water partition coefficient (Wildman–Crippen LogP) is 5.53. The zero-order chi connectivity index (χ0) is 22.7. The molecule has 1 heterocycles. The minimum atomic E-state index is -2.82. The molecule has 3 aromatic rings. The van der Waals surface area contributed by atoms with Gasteiger partial charge in [-0.05, 0) is 6.92 Å². The monoisotopic (exact) mass is 433 g/mol. The lowest BCUT2D eigenvalue weighted by molar-refractivity contribution is -0.138. The Bertz CT molecular complexity index is 1140. The van der Waals surface area contributed by atoms with Gasteiger partial charge in [0.2, 0.25) is 0 Å². The average Bonchev–Trinajstić information content (AvgIpc) is 3.24. The summed E-state index contributed by atoms with van der Waals surface area (Å²) in [6.45, 7) is 1.77. The highest BCUT2D eigenvalue weighted by Gasteiger charge is 2.30. The third-order valence-electron chi connectivity index (χ3n) is 5.32. The maximum absolute atomic E-state index is 13.9. The van der Waals surface area contributed by atoms with Crippen LogP contribution in [-0.2, 0) is 10.3 Å². The molecule has 0 radical (unpaired) electrons. The molecule has 1 aromatic heterocycles. The van der Waals surface area contributed by atoms with E-state index in [4.69, 9.17) is 0 Å². The minimum absolute atomic E-state index is 0.0612. The summed E-state index contributed by atoms with van der Waals surface area (Å²) in [5.41, 5.74) is 0.879. The van der Waals surface area contributed by atoms with Gasteiger partial charge in [-0.15, -0.1) is 0 Å². The van der Waals surface area contributed by atoms with Gasteiger partial charge in [-0.25, -0.2) is 13.8 Å². The number of aliphatic carboxylic acids is 1. The molecule has 2 aromatic carbocycles. The average molecular weight is 433 g/mol. The third-order valence-corrected chi connectivity index (χ3v) is 5.32. The Balaban J connectivity index is 1.82. The first-order valence-corrected chi connectivity index (χ1v) is 10.1. The Labute approximate surface area is 184 Å². The second-order valence-corrected chi connectivity index (χ2v) is 7.65. The van der Waals surface area contributed by atoms with Crippen molar-refractivity contribution in [3.05, 3.63) is 108 Å². The highest BCUT2D eigenvalue weighted by atomic mass is 19.3. The Morgan fingerprint density at radius 3 is 2.03 bits per heavy atom. The van der Waals surface area contributed by atoms with Gasteiger partial charge in [0, 0.05) is 11.1 Å². The van der Waals surface area contributed by atoms with Gasteiger partial charge in [-0.1, -0.05) is 85.0 Å². The number of hydrogen-bond acceptors (Lipinski definition) is 3. The van der Waals surface area contributed by atoms with E-state index in [1.54, 1.807) is 19.1 Å². The van der Waals surface area contributed by atoms with Crippen LogP contribution in [-0.4, -0.2) is 26.6 Å². The number of rotatable bonds is 6. The molecule has 0 atom stereocenters. The molecule has 162 valence electrons. The van der Waals surface area contributed by atoms with Gasteiger partial charge in [-0.2, -0.15) is 5.10 Å². The van der Waals surface area contributed by atoms with Gasteiger partial charge >= 0.3 is 5.97 Å². The van der Waals surface area contributed by atoms with Crippen molar-refractivity contribution in [2.45, 2.75) is 18.9 Å². The lowest BCUT2D eigenvalue weighted by Gasteiger charge is -2.26. The minimum Gasteiger partial charge on any atom is -0.481 e. The zero-order valence-electron chi connectivity index (χ0n) is 17.3. The maximum Gasteiger partial charge on any atom is 0.314 e. The molecule has 0 spiro atoms. The van der Waals surface area contributed by atoms with Crippen LogP contribution in [0.5, 0.6) is 0 Å². The van der Waals surface area contributed by atoms with Gasteiger partial charge in [-0.3, -0.25) is 9.48 Å². The smallest absolute Gasteiger partial charge is 0.314 e. The fourth-order valence-electron chi connectivity index (χ4n) is 3.51. The summed E-state index contributed by atoms with van der Waals surface area (Å²) >= 11 is 0. The molecule has 4 rings (SSSR count). The Morgan fingerprint density at radius 2 is 1.56 bits per heavy atom. The van der Waals surface area contributed by atoms with E-state index in [9.17, 15) is 18.7 Å². The Morgan fingerprint density at radius 1 is 1.03 bits per heavy atom. The van der Waals surface area contributed by atoms with Crippen LogP contribution in [0.2, 0.25) is 0 Å². The van der Waals surface area contributed by atoms with Gasteiger partial charge in [0.25, 0.3) is 6.43 Å². The standard InChI is InChI=1S/C25H21F2N3O2/c1-25(14-12-19(13-15-25)24(31)32)30-16-20(22(29-30)23(26)27)28-21(17-8-4-2-5-9-17)18-10-6-3-7-11-18/h2-16,19,23H,1H3,(H,31,32). The second kappa shape index (κ2) is 8.70. The molecule has 0 unspecified atom stereocenters. The molecule has 0 bridgehead atoms. The first-order valence-electron chi connectivity index (χ1n) is 10.1. The van der Waals surface area contributed by atoms with Crippen molar-refractivity contribution in [2.24, 2.45) is 10.9 Å². The van der Waals surface area contributed by atoms with Gasteiger partial charge in [0.1, 0.15) is 5.69 Å². The number of benzene rings is 2. The van der Waals surface area contributed by atoms with Crippen molar-refractivity contribution >= 4 is 17.4 Å². The van der Waals surface area contributed by atoms with Crippen LogP contribution >= 0.6 is 0 Å². The Kier molecular flexibility index (Phi) is 5.81. The van der Waals surface area contributed by atoms with Crippen LogP contribution in [0.1, 0.15) is 30.2 Å². The highest BCUT2D eigenvalue weighted by Crippen LogP contribution is 2.34. The van der Waals surface area contributed by atoms with Crippen LogP contribution in [0, 0.1) is 5.92 Å². The van der Waals surface area contributed by atoms with E-state index in [2.05, 4.69) is 10.1 Å². The van der Waals surface area contributed by atoms with Crippen molar-refractivity contribution in [2.75, 3.05) is 0 Å². The number of allylic oxidation sites excluding steroid dienone is 2. The molecule has 0 fully saturated rings. The zero-order valence-corrected chi connectivity index (χ0v) is 17.3. The predicted molar refractivity (Wildman–Crippen MR) is 118 cm³/mol. The van der Waals surface area contributed by atoms with Gasteiger partial charge < -0.3 is 5.11 Å². The highest BCUT2D eigenvalue weighted by molar-refractivity contribution is 6.14. The Hall–Kier alpha value is -3.87. The van der Waals surface area contributed by atoms with Crippen molar-refractivity contribution < 1.29 is 18.7 Å². The van der Waals surface area contributed by atoms with E-state index < -0.39 is 29.5 Å². The lowest BCUT2D eigenvalue weighted by atomic mass is 9.91. The van der Waals surface area contributed by atoms with E-state index >= 15 is 0 Å². The molecule has 7 heteroatoms. The van der Waals surface area contributed by atoms with Crippen molar-refractivity contribution in [3.8, 4) is 0 Å². The van der Waals surface area contributed by atoms with Crippen molar-refractivity contribution in [1.29, 1.82) is 0 Å². The fourth-order valence-corrected chi connectivity index (χ4v) is 3.51. The van der Waals surface area contributed by atoms with Crippen LogP contribution in [0.3, 0.4) is 0 Å². The molecule has 5 nitrogen and oxygen atoms in total. The van der Waals surface area contributed by atoms with Crippen LogP contribution in [0.25, 0.3) is 0 Å². The summed E-state index contributed by atoms with van der Waals surface area (Å²) < 4.78 is 29.2. The lowest BCUT2D eigenvalue weighted by Crippen LogP contribution is -2.29. The summed E-state index contributed by atoms with van der Waals surface area (Å²) in [6.07, 6.45) is 4.99. The van der Waals surface area contributed by atoms with Crippen molar-refractivity contribution in [3.63, 3.8) is 0 Å². The second-order valence-electron chi connectivity index (χ2n) is 7.65. The number of hydrogen-bond donors (Lipinski definition) is 1. The number of carboxylic acid groups (broad SMARTS) is 1. The number of alkyl halides is 2. The number of nitrogens with zero attached hydrogens (tertiary/aromatic N) is 3. The molecular formula is C25H21F2N3O2. The molecular weight excluding hydrogens is 412 g/mol. The number of carboxylic acids is 1. The summed E-state index contributed by atoms with van der Waals surface area (Å²) in [4.78, 5) is 15.8. The largest absolute Gasteiger partial charge is 0.481 e. The van der Waals surface area contributed by atoms with E-state index in [1.807, 2.05) is 60.7 Å². The quantitative estimate of drug-likeness (QED) is 0.410. The molecule has 0 aliphatic heterocycles. The number of carbonyl (C=O) groups is 1. The van der Waals surface area contributed by atoms with E-state index in [0.717, 1.165) is 11.1 Å². The topological polar surface area (TPSA) is 67.5 Å². The summed E-state index contributed by atoms with van der Waals surface area (Å²) in [6, 6.07) is 18.7. The van der Waals surface area contributed by atoms with Gasteiger partial charge in [0.15, 0.2) is 5.69 Å².